The Morgan fingerprint density at radius 1 is 1.06 bits per heavy atom. The molecule has 8 atom stereocenters. The Morgan fingerprint density at radius 3 is 2.31 bits per heavy atom. The molecule has 3 aliphatic rings. The summed E-state index contributed by atoms with van der Waals surface area (Å²) in [5.41, 5.74) is 0.315. The number of carbonyl (C=O) groups is 1. The van der Waals surface area contributed by atoms with E-state index in [0.717, 1.165) is 57.8 Å². The quantitative estimate of drug-likeness (QED) is 0.430. The Kier molecular flexibility index (Phi) is 8.04. The van der Waals surface area contributed by atoms with E-state index in [2.05, 4.69) is 33.6 Å². The molecule has 0 saturated heterocycles. The smallest absolute Gasteiger partial charge is 0.303 e. The molecule has 0 aliphatic heterocycles. The topological polar surface area (TPSA) is 77.8 Å². The van der Waals surface area contributed by atoms with E-state index in [0.29, 0.717) is 30.1 Å². The van der Waals surface area contributed by atoms with E-state index in [1.165, 1.54) is 0 Å². The highest BCUT2D eigenvalue weighted by Crippen LogP contribution is 2.65. The summed E-state index contributed by atoms with van der Waals surface area (Å²) in [6, 6.07) is 0. The number of hydrogen-bond acceptors (Lipinski definition) is 3. The van der Waals surface area contributed by atoms with Gasteiger partial charge >= 0.3 is 5.97 Å². The van der Waals surface area contributed by atoms with Crippen LogP contribution in [0.15, 0.2) is 0 Å². The number of hydrogen-bond donors (Lipinski definition) is 3. The molecule has 0 spiro atoms. The van der Waals surface area contributed by atoms with E-state index in [9.17, 15) is 20.1 Å². The van der Waals surface area contributed by atoms with E-state index in [-0.39, 0.29) is 35.2 Å². The molecule has 0 bridgehead atoms. The molecule has 3 fully saturated rings. The minimum absolute atomic E-state index is 0.0797. The van der Waals surface area contributed by atoms with E-state index in [4.69, 9.17) is 6.42 Å². The van der Waals surface area contributed by atoms with Crippen LogP contribution in [0.4, 0.5) is 0 Å². The predicted octanol–water partition coefficient (Wildman–Crippen LogP) is 5.51. The average molecular weight is 447 g/mol. The van der Waals surface area contributed by atoms with Crippen LogP contribution in [0.1, 0.15) is 98.3 Å². The lowest BCUT2D eigenvalue weighted by Crippen LogP contribution is -2.53. The third-order valence-electron chi connectivity index (χ3n) is 10.3. The summed E-state index contributed by atoms with van der Waals surface area (Å²) >= 11 is 0. The molecule has 3 N–H and O–H groups in total. The van der Waals surface area contributed by atoms with Gasteiger partial charge in [-0.3, -0.25) is 4.79 Å². The van der Waals surface area contributed by atoms with Gasteiger partial charge in [0.25, 0.3) is 0 Å². The molecule has 0 heterocycles. The zero-order valence-corrected chi connectivity index (χ0v) is 20.7. The molecule has 0 aromatic carbocycles. The SMILES string of the molecule is C#CC[C@H](C)[C@@H](O)C1C(C2(C)CCC(O)CC2)CC[C@@]2(C)C1CC[C@@H]2[C@H](C)CCC(=O)O. The molecule has 3 saturated carbocycles. The van der Waals surface area contributed by atoms with E-state index in [1.807, 2.05) is 0 Å². The van der Waals surface area contributed by atoms with Gasteiger partial charge in [0.15, 0.2) is 0 Å². The van der Waals surface area contributed by atoms with Gasteiger partial charge < -0.3 is 15.3 Å². The van der Waals surface area contributed by atoms with Crippen LogP contribution in [-0.2, 0) is 4.79 Å². The van der Waals surface area contributed by atoms with Crippen LogP contribution < -0.4 is 0 Å². The van der Waals surface area contributed by atoms with Crippen LogP contribution in [0, 0.1) is 58.7 Å². The standard InChI is InChI=1S/C28H46O4/c1-6-7-19(3)26(32)25-22(27(4)15-12-20(29)13-16-27)14-17-28(5)21(9-10-23(25)28)18(2)8-11-24(30)31/h1,18-23,25-26,29,32H,7-17H2,2-5H3,(H,30,31)/t18-,19+,20?,21-,22?,23?,25?,26-,27?,28-/m1/s1. The van der Waals surface area contributed by atoms with Crippen molar-refractivity contribution in [3.05, 3.63) is 0 Å². The molecule has 0 aromatic rings. The third kappa shape index (κ3) is 4.90. The molecule has 3 aliphatic carbocycles. The zero-order valence-electron chi connectivity index (χ0n) is 20.7. The van der Waals surface area contributed by atoms with Crippen molar-refractivity contribution in [2.75, 3.05) is 0 Å². The summed E-state index contributed by atoms with van der Waals surface area (Å²) in [4.78, 5) is 11.2. The Labute approximate surface area is 195 Å². The van der Waals surface area contributed by atoms with Crippen LogP contribution in [0.25, 0.3) is 0 Å². The molecule has 4 heteroatoms. The second kappa shape index (κ2) is 10.1. The number of terminal acetylenes is 1. The molecule has 3 unspecified atom stereocenters. The summed E-state index contributed by atoms with van der Waals surface area (Å²) < 4.78 is 0. The minimum atomic E-state index is -0.705. The van der Waals surface area contributed by atoms with E-state index >= 15 is 0 Å². The number of aliphatic carboxylic acids is 1. The predicted molar refractivity (Wildman–Crippen MR) is 128 cm³/mol. The average Bonchev–Trinajstić information content (AvgIpc) is 3.10. The summed E-state index contributed by atoms with van der Waals surface area (Å²) in [7, 11) is 0. The Balaban J connectivity index is 1.89. The van der Waals surface area contributed by atoms with Crippen LogP contribution in [-0.4, -0.2) is 33.5 Å². The molecule has 4 nitrogen and oxygen atoms in total. The maximum atomic E-state index is 11.7. The fraction of sp³-hybridized carbons (Fsp3) is 0.893. The van der Waals surface area contributed by atoms with Crippen molar-refractivity contribution in [1.29, 1.82) is 0 Å². The Morgan fingerprint density at radius 2 is 1.72 bits per heavy atom. The zero-order chi connectivity index (χ0) is 23.7. The van der Waals surface area contributed by atoms with Gasteiger partial charge in [-0.25, -0.2) is 0 Å². The van der Waals surface area contributed by atoms with E-state index < -0.39 is 12.1 Å². The summed E-state index contributed by atoms with van der Waals surface area (Å²) in [6.45, 7) is 9.17. The highest BCUT2D eigenvalue weighted by molar-refractivity contribution is 5.66. The summed E-state index contributed by atoms with van der Waals surface area (Å²) in [5.74, 6) is 4.20. The molecule has 32 heavy (non-hydrogen) atoms. The first-order valence-corrected chi connectivity index (χ1v) is 13.0. The number of carboxylic acid groups (broad SMARTS) is 1. The Bertz CT molecular complexity index is 688. The van der Waals surface area contributed by atoms with Gasteiger partial charge in [-0.1, -0.05) is 27.7 Å². The van der Waals surface area contributed by atoms with Crippen molar-refractivity contribution in [2.45, 2.75) is 111 Å². The molecule has 3 rings (SSSR count). The van der Waals surface area contributed by atoms with Crippen molar-refractivity contribution in [2.24, 2.45) is 46.3 Å². The van der Waals surface area contributed by atoms with Crippen LogP contribution in [0.5, 0.6) is 0 Å². The van der Waals surface area contributed by atoms with Crippen molar-refractivity contribution in [1.82, 2.24) is 0 Å². The lowest BCUT2D eigenvalue weighted by atomic mass is 9.48. The van der Waals surface area contributed by atoms with Gasteiger partial charge in [0, 0.05) is 12.8 Å². The van der Waals surface area contributed by atoms with Crippen LogP contribution in [0.2, 0.25) is 0 Å². The maximum Gasteiger partial charge on any atom is 0.303 e. The molecule has 0 amide bonds. The summed E-state index contributed by atoms with van der Waals surface area (Å²) in [6.07, 6.45) is 15.0. The van der Waals surface area contributed by atoms with Crippen molar-refractivity contribution < 1.29 is 20.1 Å². The second-order valence-corrected chi connectivity index (χ2v) is 12.2. The highest BCUT2D eigenvalue weighted by atomic mass is 16.4. The number of aliphatic hydroxyl groups excluding tert-OH is 2. The third-order valence-corrected chi connectivity index (χ3v) is 10.3. The van der Waals surface area contributed by atoms with E-state index in [1.54, 1.807) is 0 Å². The number of carboxylic acids is 1. The van der Waals surface area contributed by atoms with Crippen molar-refractivity contribution in [3.8, 4) is 12.3 Å². The first-order chi connectivity index (χ1) is 15.0. The fourth-order valence-electron chi connectivity index (χ4n) is 8.33. The molecule has 0 aromatic heterocycles. The van der Waals surface area contributed by atoms with Gasteiger partial charge in [-0.05, 0) is 104 Å². The Hall–Kier alpha value is -1.05. The first kappa shape index (κ1) is 25.6. The molecule has 182 valence electrons. The first-order valence-electron chi connectivity index (χ1n) is 13.0. The largest absolute Gasteiger partial charge is 0.481 e. The number of rotatable bonds is 8. The minimum Gasteiger partial charge on any atom is -0.481 e. The number of fused-ring (bicyclic) bond motifs is 1. The van der Waals surface area contributed by atoms with Crippen LogP contribution in [0.3, 0.4) is 0 Å². The summed E-state index contributed by atoms with van der Waals surface area (Å²) in [5, 5.41) is 31.0. The molecular weight excluding hydrogens is 400 g/mol. The van der Waals surface area contributed by atoms with Gasteiger partial charge in [0.1, 0.15) is 0 Å². The van der Waals surface area contributed by atoms with Gasteiger partial charge in [-0.2, -0.15) is 0 Å². The normalized spacial score (nSPS) is 42.5. The lowest BCUT2D eigenvalue weighted by Gasteiger charge is -2.57. The van der Waals surface area contributed by atoms with Crippen molar-refractivity contribution >= 4 is 5.97 Å². The second-order valence-electron chi connectivity index (χ2n) is 12.2. The fourth-order valence-corrected chi connectivity index (χ4v) is 8.33. The highest BCUT2D eigenvalue weighted by Gasteiger charge is 2.59. The lowest BCUT2D eigenvalue weighted by molar-refractivity contribution is -0.138. The molecular formula is C28H46O4. The monoisotopic (exact) mass is 446 g/mol. The number of aliphatic hydroxyl groups is 2. The van der Waals surface area contributed by atoms with Gasteiger partial charge in [0.05, 0.1) is 12.2 Å². The van der Waals surface area contributed by atoms with Gasteiger partial charge in [0.2, 0.25) is 0 Å². The molecule has 0 radical (unpaired) electrons. The van der Waals surface area contributed by atoms with Crippen LogP contribution >= 0.6 is 0 Å². The maximum absolute atomic E-state index is 11.7. The van der Waals surface area contributed by atoms with Gasteiger partial charge in [-0.15, -0.1) is 12.3 Å². The van der Waals surface area contributed by atoms with Crippen molar-refractivity contribution in [3.63, 3.8) is 0 Å².